The van der Waals surface area contributed by atoms with E-state index in [1.54, 1.807) is 0 Å². The van der Waals surface area contributed by atoms with E-state index < -0.39 is 0 Å². The fraction of sp³-hybridized carbons (Fsp3) is 1.00. The van der Waals surface area contributed by atoms with Gasteiger partial charge in [0.15, 0.2) is 0 Å². The van der Waals surface area contributed by atoms with Gasteiger partial charge in [-0.15, -0.1) is 0 Å². The van der Waals surface area contributed by atoms with Gasteiger partial charge in [-0.2, -0.15) is 0 Å². The molecule has 0 radical (unpaired) electrons. The fourth-order valence-electron chi connectivity index (χ4n) is 3.09. The molecule has 0 aromatic rings. The normalized spacial score (nSPS) is 38.1. The van der Waals surface area contributed by atoms with Crippen LogP contribution in [0.3, 0.4) is 0 Å². The molecule has 2 aliphatic heterocycles. The van der Waals surface area contributed by atoms with Gasteiger partial charge in [-0.1, -0.05) is 32.6 Å². The molecule has 3 atom stereocenters. The lowest BCUT2D eigenvalue weighted by Gasteiger charge is -2.29. The highest BCUT2D eigenvalue weighted by Gasteiger charge is 2.32. The number of unbranched alkanes of at least 4 members (excludes halogenated alkanes) is 2. The predicted octanol–water partition coefficient (Wildman–Crippen LogP) is 3.10. The summed E-state index contributed by atoms with van der Waals surface area (Å²) in [5.74, 6) is 1.06. The standard InChI is InChI=1S/C12H23N/c1-2-3-4-5-10-8-11-6-7-12(9-10)13-11/h10-13H,2-9H2,1H3/t10?,11-,12+. The molecule has 2 saturated heterocycles. The van der Waals surface area contributed by atoms with Gasteiger partial charge in [-0.3, -0.25) is 0 Å². The van der Waals surface area contributed by atoms with Crippen LogP contribution in [0.2, 0.25) is 0 Å². The molecule has 1 nitrogen and oxygen atoms in total. The molecule has 0 saturated carbocycles. The van der Waals surface area contributed by atoms with E-state index >= 15 is 0 Å². The summed E-state index contributed by atoms with van der Waals surface area (Å²) in [6, 6.07) is 1.79. The fourth-order valence-corrected chi connectivity index (χ4v) is 3.09. The van der Waals surface area contributed by atoms with Gasteiger partial charge in [0.05, 0.1) is 0 Å². The minimum atomic E-state index is 0.894. The average Bonchev–Trinajstić information content (AvgIpc) is 2.46. The Morgan fingerprint density at radius 2 is 1.77 bits per heavy atom. The molecular formula is C12H23N. The van der Waals surface area contributed by atoms with Crippen LogP contribution in [-0.2, 0) is 0 Å². The number of fused-ring (bicyclic) bond motifs is 2. The van der Waals surface area contributed by atoms with Gasteiger partial charge in [0.25, 0.3) is 0 Å². The molecule has 0 aliphatic carbocycles. The highest BCUT2D eigenvalue weighted by atomic mass is 15.0. The number of piperidine rings is 1. The Hall–Kier alpha value is -0.0400. The average molecular weight is 181 g/mol. The first-order valence-electron chi connectivity index (χ1n) is 6.14. The van der Waals surface area contributed by atoms with E-state index in [1.807, 2.05) is 0 Å². The second-order valence-corrected chi connectivity index (χ2v) is 4.97. The first-order valence-corrected chi connectivity index (χ1v) is 6.14. The molecule has 2 bridgehead atoms. The maximum atomic E-state index is 3.71. The van der Waals surface area contributed by atoms with Crippen molar-refractivity contribution in [2.45, 2.75) is 70.4 Å². The summed E-state index contributed by atoms with van der Waals surface area (Å²) in [6.45, 7) is 2.30. The van der Waals surface area contributed by atoms with Crippen LogP contribution in [-0.4, -0.2) is 12.1 Å². The number of nitrogens with one attached hydrogen (secondary N) is 1. The van der Waals surface area contributed by atoms with E-state index in [2.05, 4.69) is 12.2 Å². The molecule has 2 heterocycles. The van der Waals surface area contributed by atoms with Crippen molar-refractivity contribution in [1.82, 2.24) is 5.32 Å². The zero-order valence-corrected chi connectivity index (χ0v) is 8.89. The van der Waals surface area contributed by atoms with E-state index in [-0.39, 0.29) is 0 Å². The van der Waals surface area contributed by atoms with Crippen molar-refractivity contribution in [1.29, 1.82) is 0 Å². The third kappa shape index (κ3) is 2.46. The van der Waals surface area contributed by atoms with Crippen molar-refractivity contribution in [3.05, 3.63) is 0 Å². The zero-order valence-electron chi connectivity index (χ0n) is 8.89. The van der Waals surface area contributed by atoms with E-state index in [1.165, 1.54) is 51.4 Å². The van der Waals surface area contributed by atoms with Crippen LogP contribution in [0.25, 0.3) is 0 Å². The van der Waals surface area contributed by atoms with Gasteiger partial charge >= 0.3 is 0 Å². The minimum Gasteiger partial charge on any atom is -0.311 e. The summed E-state index contributed by atoms with van der Waals surface area (Å²) in [7, 11) is 0. The minimum absolute atomic E-state index is 0.894. The SMILES string of the molecule is CCCCCC1C[C@H]2CC[C@@H](C1)N2. The van der Waals surface area contributed by atoms with E-state index in [4.69, 9.17) is 0 Å². The Bertz CT molecular complexity index is 143. The molecule has 13 heavy (non-hydrogen) atoms. The van der Waals surface area contributed by atoms with Crippen molar-refractivity contribution in [3.63, 3.8) is 0 Å². The smallest absolute Gasteiger partial charge is 0.00728 e. The molecule has 0 aromatic carbocycles. The van der Waals surface area contributed by atoms with Crippen molar-refractivity contribution in [2.24, 2.45) is 5.92 Å². The topological polar surface area (TPSA) is 12.0 Å². The Kier molecular flexibility index (Phi) is 3.26. The molecular weight excluding hydrogens is 158 g/mol. The highest BCUT2D eigenvalue weighted by Crippen LogP contribution is 2.33. The molecule has 2 aliphatic rings. The maximum absolute atomic E-state index is 3.71. The van der Waals surface area contributed by atoms with Crippen molar-refractivity contribution in [3.8, 4) is 0 Å². The van der Waals surface area contributed by atoms with Crippen LogP contribution in [0.5, 0.6) is 0 Å². The highest BCUT2D eigenvalue weighted by molar-refractivity contribution is 4.91. The molecule has 76 valence electrons. The van der Waals surface area contributed by atoms with Gasteiger partial charge in [-0.25, -0.2) is 0 Å². The van der Waals surface area contributed by atoms with Crippen LogP contribution in [0.15, 0.2) is 0 Å². The van der Waals surface area contributed by atoms with Gasteiger partial charge in [0, 0.05) is 12.1 Å². The molecule has 2 fully saturated rings. The summed E-state index contributed by atoms with van der Waals surface area (Å²) in [6.07, 6.45) is 11.6. The summed E-state index contributed by atoms with van der Waals surface area (Å²) in [5.41, 5.74) is 0. The van der Waals surface area contributed by atoms with Gasteiger partial charge in [0.1, 0.15) is 0 Å². The predicted molar refractivity (Wildman–Crippen MR) is 56.8 cm³/mol. The quantitative estimate of drug-likeness (QED) is 0.657. The number of hydrogen-bond acceptors (Lipinski definition) is 1. The van der Waals surface area contributed by atoms with Crippen LogP contribution >= 0.6 is 0 Å². The first-order chi connectivity index (χ1) is 6.38. The Morgan fingerprint density at radius 3 is 2.38 bits per heavy atom. The summed E-state index contributed by atoms with van der Waals surface area (Å²) >= 11 is 0. The Morgan fingerprint density at radius 1 is 1.08 bits per heavy atom. The second-order valence-electron chi connectivity index (χ2n) is 4.97. The van der Waals surface area contributed by atoms with Crippen molar-refractivity contribution in [2.75, 3.05) is 0 Å². The van der Waals surface area contributed by atoms with Gasteiger partial charge < -0.3 is 5.32 Å². The molecule has 0 spiro atoms. The first kappa shape index (κ1) is 9.51. The summed E-state index contributed by atoms with van der Waals surface area (Å²) in [4.78, 5) is 0. The summed E-state index contributed by atoms with van der Waals surface area (Å²) in [5, 5.41) is 3.71. The molecule has 0 amide bonds. The maximum Gasteiger partial charge on any atom is 0.00728 e. The lowest BCUT2D eigenvalue weighted by atomic mass is 9.88. The summed E-state index contributed by atoms with van der Waals surface area (Å²) < 4.78 is 0. The largest absolute Gasteiger partial charge is 0.311 e. The lowest BCUT2D eigenvalue weighted by Crippen LogP contribution is -2.37. The van der Waals surface area contributed by atoms with E-state index in [0.717, 1.165) is 18.0 Å². The van der Waals surface area contributed by atoms with Gasteiger partial charge in [-0.05, 0) is 31.6 Å². The monoisotopic (exact) mass is 181 g/mol. The molecule has 0 aromatic heterocycles. The third-order valence-electron chi connectivity index (χ3n) is 3.79. The van der Waals surface area contributed by atoms with Crippen molar-refractivity contribution >= 4 is 0 Å². The van der Waals surface area contributed by atoms with Crippen LogP contribution in [0.1, 0.15) is 58.3 Å². The van der Waals surface area contributed by atoms with E-state index in [0.29, 0.717) is 0 Å². The number of hydrogen-bond donors (Lipinski definition) is 1. The molecule has 1 unspecified atom stereocenters. The van der Waals surface area contributed by atoms with E-state index in [9.17, 15) is 0 Å². The van der Waals surface area contributed by atoms with Crippen LogP contribution in [0.4, 0.5) is 0 Å². The number of rotatable bonds is 4. The molecule has 1 N–H and O–H groups in total. The second kappa shape index (κ2) is 4.45. The zero-order chi connectivity index (χ0) is 9.10. The van der Waals surface area contributed by atoms with Crippen LogP contribution in [0, 0.1) is 5.92 Å². The lowest BCUT2D eigenvalue weighted by molar-refractivity contribution is 0.280. The molecule has 1 heteroatoms. The Balaban J connectivity index is 1.69. The van der Waals surface area contributed by atoms with Crippen molar-refractivity contribution < 1.29 is 0 Å². The van der Waals surface area contributed by atoms with Crippen LogP contribution < -0.4 is 5.32 Å². The molecule has 2 rings (SSSR count). The Labute approximate surface area is 82.3 Å². The third-order valence-corrected chi connectivity index (χ3v) is 3.79. The van der Waals surface area contributed by atoms with Gasteiger partial charge in [0.2, 0.25) is 0 Å².